The van der Waals surface area contributed by atoms with Crippen LogP contribution in [0.2, 0.25) is 0 Å². The lowest BCUT2D eigenvalue weighted by molar-refractivity contribution is 0.0950. The number of piperidine rings is 1. The summed E-state index contributed by atoms with van der Waals surface area (Å²) in [7, 11) is 1.91. The van der Waals surface area contributed by atoms with Crippen molar-refractivity contribution in [3.05, 3.63) is 53.4 Å². The van der Waals surface area contributed by atoms with Crippen LogP contribution in [0.25, 0.3) is 21.0 Å². The van der Waals surface area contributed by atoms with Crippen molar-refractivity contribution in [2.45, 2.75) is 31.8 Å². The lowest BCUT2D eigenvalue weighted by Crippen LogP contribution is -2.48. The SMILES string of the molecule is Cn1cncc1CNC(=O)c1ccc2c(c1)nc(N1CCC(C)(N)CC1)c1ccsc12. The quantitative estimate of drug-likeness (QED) is 0.514. The van der Waals surface area contributed by atoms with E-state index in [2.05, 4.69) is 33.6 Å². The van der Waals surface area contributed by atoms with Gasteiger partial charge in [0.1, 0.15) is 5.82 Å². The number of anilines is 1. The van der Waals surface area contributed by atoms with Gasteiger partial charge in [0.15, 0.2) is 0 Å². The Balaban J connectivity index is 1.47. The van der Waals surface area contributed by atoms with E-state index in [4.69, 9.17) is 10.7 Å². The van der Waals surface area contributed by atoms with Crippen molar-refractivity contribution in [3.63, 3.8) is 0 Å². The summed E-state index contributed by atoms with van der Waals surface area (Å²) >= 11 is 1.72. The number of imidazole rings is 1. The Morgan fingerprint density at radius 3 is 2.81 bits per heavy atom. The van der Waals surface area contributed by atoms with Gasteiger partial charge in [-0.05, 0) is 43.3 Å². The minimum Gasteiger partial charge on any atom is -0.356 e. The van der Waals surface area contributed by atoms with Gasteiger partial charge in [0, 0.05) is 52.9 Å². The molecule has 4 aromatic rings. The van der Waals surface area contributed by atoms with E-state index >= 15 is 0 Å². The van der Waals surface area contributed by atoms with Crippen molar-refractivity contribution >= 4 is 44.1 Å². The van der Waals surface area contributed by atoms with Gasteiger partial charge in [-0.3, -0.25) is 4.79 Å². The molecule has 1 saturated heterocycles. The van der Waals surface area contributed by atoms with Gasteiger partial charge in [0.2, 0.25) is 0 Å². The maximum Gasteiger partial charge on any atom is 0.251 e. The van der Waals surface area contributed by atoms with E-state index in [1.807, 2.05) is 29.8 Å². The number of amides is 1. The molecule has 0 bridgehead atoms. The summed E-state index contributed by atoms with van der Waals surface area (Å²) in [4.78, 5) is 24.2. The number of aryl methyl sites for hydroxylation is 1. The standard InChI is InChI=1S/C23H26N6OS/c1-23(24)6-8-29(9-7-23)21-18-5-10-31-20(18)17-4-3-15(11-19(17)27-21)22(30)26-13-16-12-25-14-28(16)2/h3-5,10-12,14H,6-9,13,24H2,1-2H3,(H,26,30). The Kier molecular flexibility index (Phi) is 4.91. The van der Waals surface area contributed by atoms with E-state index in [0.29, 0.717) is 12.1 Å². The lowest BCUT2D eigenvalue weighted by atomic mass is 9.91. The highest BCUT2D eigenvalue weighted by molar-refractivity contribution is 7.18. The summed E-state index contributed by atoms with van der Waals surface area (Å²) in [5.41, 5.74) is 8.63. The molecule has 1 amide bonds. The molecule has 5 rings (SSSR count). The molecule has 1 aliphatic rings. The zero-order chi connectivity index (χ0) is 21.6. The maximum absolute atomic E-state index is 12.8. The smallest absolute Gasteiger partial charge is 0.251 e. The minimum absolute atomic E-state index is 0.111. The van der Waals surface area contributed by atoms with Crippen LogP contribution >= 0.6 is 11.3 Å². The molecule has 0 atom stereocenters. The summed E-state index contributed by atoms with van der Waals surface area (Å²) < 4.78 is 3.11. The third-order valence-electron chi connectivity index (χ3n) is 6.19. The van der Waals surface area contributed by atoms with Crippen molar-refractivity contribution in [1.29, 1.82) is 0 Å². The fourth-order valence-electron chi connectivity index (χ4n) is 4.12. The van der Waals surface area contributed by atoms with E-state index < -0.39 is 0 Å². The van der Waals surface area contributed by atoms with E-state index in [9.17, 15) is 4.79 Å². The first-order valence-electron chi connectivity index (χ1n) is 10.5. The highest BCUT2D eigenvalue weighted by Gasteiger charge is 2.28. The molecule has 3 N–H and O–H groups in total. The Morgan fingerprint density at radius 1 is 1.26 bits per heavy atom. The summed E-state index contributed by atoms with van der Waals surface area (Å²) in [6, 6.07) is 7.93. The van der Waals surface area contributed by atoms with E-state index in [1.54, 1.807) is 23.9 Å². The highest BCUT2D eigenvalue weighted by Crippen LogP contribution is 2.37. The van der Waals surface area contributed by atoms with Crippen LogP contribution in [0.15, 0.2) is 42.2 Å². The Labute approximate surface area is 184 Å². The fraction of sp³-hybridized carbons (Fsp3) is 0.348. The van der Waals surface area contributed by atoms with Gasteiger partial charge < -0.3 is 20.5 Å². The van der Waals surface area contributed by atoms with Crippen molar-refractivity contribution in [2.75, 3.05) is 18.0 Å². The molecular weight excluding hydrogens is 408 g/mol. The molecule has 1 aromatic carbocycles. The number of hydrogen-bond donors (Lipinski definition) is 2. The maximum atomic E-state index is 12.8. The predicted molar refractivity (Wildman–Crippen MR) is 126 cm³/mol. The third kappa shape index (κ3) is 3.77. The van der Waals surface area contributed by atoms with Crippen LogP contribution in [-0.4, -0.2) is 39.1 Å². The highest BCUT2D eigenvalue weighted by atomic mass is 32.1. The molecule has 0 unspecified atom stereocenters. The first kappa shape index (κ1) is 20.0. The van der Waals surface area contributed by atoms with E-state index in [-0.39, 0.29) is 11.4 Å². The van der Waals surface area contributed by atoms with Gasteiger partial charge >= 0.3 is 0 Å². The van der Waals surface area contributed by atoms with Crippen LogP contribution in [0.3, 0.4) is 0 Å². The monoisotopic (exact) mass is 434 g/mol. The van der Waals surface area contributed by atoms with Crippen molar-refractivity contribution in [3.8, 4) is 0 Å². The number of carbonyl (C=O) groups is 1. The Morgan fingerprint density at radius 2 is 2.06 bits per heavy atom. The summed E-state index contributed by atoms with van der Waals surface area (Å²) in [5.74, 6) is 0.876. The molecule has 4 heterocycles. The van der Waals surface area contributed by atoms with Gasteiger partial charge in [0.05, 0.1) is 24.1 Å². The number of rotatable bonds is 4. The number of benzene rings is 1. The molecule has 0 aliphatic carbocycles. The summed E-state index contributed by atoms with van der Waals surface area (Å²) in [6.45, 7) is 4.33. The van der Waals surface area contributed by atoms with Gasteiger partial charge in [0.25, 0.3) is 5.91 Å². The third-order valence-corrected chi connectivity index (χ3v) is 7.14. The molecule has 3 aromatic heterocycles. The number of nitrogens with zero attached hydrogens (tertiary/aromatic N) is 4. The average molecular weight is 435 g/mol. The van der Waals surface area contributed by atoms with Crippen LogP contribution in [0.1, 0.15) is 35.8 Å². The summed E-state index contributed by atoms with van der Waals surface area (Å²) in [5, 5.41) is 7.34. The molecule has 0 radical (unpaired) electrons. The Bertz CT molecular complexity index is 1260. The van der Waals surface area contributed by atoms with Crippen LogP contribution < -0.4 is 16.0 Å². The summed E-state index contributed by atoms with van der Waals surface area (Å²) in [6.07, 6.45) is 5.36. The zero-order valence-corrected chi connectivity index (χ0v) is 18.6. The molecule has 0 spiro atoms. The molecule has 1 aliphatic heterocycles. The second-order valence-corrected chi connectivity index (χ2v) is 9.57. The van der Waals surface area contributed by atoms with E-state index in [0.717, 1.165) is 48.3 Å². The first-order valence-corrected chi connectivity index (χ1v) is 11.4. The van der Waals surface area contributed by atoms with E-state index in [1.165, 1.54) is 10.1 Å². The van der Waals surface area contributed by atoms with Gasteiger partial charge in [-0.25, -0.2) is 9.97 Å². The normalized spacial score (nSPS) is 16.2. The first-order chi connectivity index (χ1) is 14.9. The molecular formula is C23H26N6OS. The molecule has 7 nitrogen and oxygen atoms in total. The minimum atomic E-state index is -0.116. The number of hydrogen-bond acceptors (Lipinski definition) is 6. The second-order valence-electron chi connectivity index (χ2n) is 8.65. The molecule has 160 valence electrons. The van der Waals surface area contributed by atoms with Gasteiger partial charge in [-0.15, -0.1) is 11.3 Å². The van der Waals surface area contributed by atoms with Gasteiger partial charge in [-0.2, -0.15) is 0 Å². The van der Waals surface area contributed by atoms with Gasteiger partial charge in [-0.1, -0.05) is 6.07 Å². The zero-order valence-electron chi connectivity index (χ0n) is 17.8. The Hall–Kier alpha value is -2.97. The number of aromatic nitrogens is 3. The molecule has 31 heavy (non-hydrogen) atoms. The number of pyridine rings is 1. The topological polar surface area (TPSA) is 89.1 Å². The molecule has 8 heteroatoms. The molecule has 0 saturated carbocycles. The number of fused-ring (bicyclic) bond motifs is 3. The fourth-order valence-corrected chi connectivity index (χ4v) is 5.05. The second kappa shape index (κ2) is 7.62. The predicted octanol–water partition coefficient (Wildman–Crippen LogP) is 3.43. The number of carbonyl (C=O) groups excluding carboxylic acids is 1. The lowest BCUT2D eigenvalue weighted by Gasteiger charge is -2.37. The van der Waals surface area contributed by atoms with Crippen LogP contribution in [0, 0.1) is 0 Å². The van der Waals surface area contributed by atoms with Crippen LogP contribution in [0.5, 0.6) is 0 Å². The van der Waals surface area contributed by atoms with Crippen LogP contribution in [0.4, 0.5) is 5.82 Å². The largest absolute Gasteiger partial charge is 0.356 e. The van der Waals surface area contributed by atoms with Crippen molar-refractivity contribution < 1.29 is 4.79 Å². The molecule has 1 fully saturated rings. The number of thiophene rings is 1. The average Bonchev–Trinajstić information content (AvgIpc) is 3.40. The number of nitrogens with two attached hydrogens (primary N) is 1. The number of nitrogens with one attached hydrogen (secondary N) is 1. The van der Waals surface area contributed by atoms with Crippen LogP contribution in [-0.2, 0) is 13.6 Å². The van der Waals surface area contributed by atoms with Crippen molar-refractivity contribution in [1.82, 2.24) is 19.9 Å². The van der Waals surface area contributed by atoms with Crippen molar-refractivity contribution in [2.24, 2.45) is 12.8 Å².